The van der Waals surface area contributed by atoms with Crippen molar-refractivity contribution in [2.24, 2.45) is 11.8 Å². The molecule has 0 aromatic carbocycles. The first-order chi connectivity index (χ1) is 7.74. The third-order valence-electron chi connectivity index (χ3n) is 3.74. The summed E-state index contributed by atoms with van der Waals surface area (Å²) in [5.41, 5.74) is 15.2. The van der Waals surface area contributed by atoms with Gasteiger partial charge in [-0.3, -0.25) is 0 Å². The molecule has 3 nitrogen and oxygen atoms in total. The molecule has 3 heteroatoms. The smallest absolute Gasteiger partial charge is 0.146 e. The van der Waals surface area contributed by atoms with Crippen molar-refractivity contribution in [2.45, 2.75) is 38.5 Å². The second kappa shape index (κ2) is 3.65. The minimum atomic E-state index is 0.509. The predicted molar refractivity (Wildman–Crippen MR) is 65.9 cm³/mol. The summed E-state index contributed by atoms with van der Waals surface area (Å²) in [7, 11) is 0. The van der Waals surface area contributed by atoms with Gasteiger partial charge in [-0.1, -0.05) is 0 Å². The molecule has 2 aliphatic carbocycles. The third kappa shape index (κ3) is 1.99. The Morgan fingerprint density at radius 1 is 1.06 bits per heavy atom. The zero-order valence-corrected chi connectivity index (χ0v) is 9.58. The van der Waals surface area contributed by atoms with Gasteiger partial charge in [0.15, 0.2) is 0 Å². The van der Waals surface area contributed by atoms with Crippen molar-refractivity contribution < 1.29 is 0 Å². The maximum absolute atomic E-state index is 6.07. The number of hydrogen-bond donors (Lipinski definition) is 2. The number of anilines is 2. The van der Waals surface area contributed by atoms with Crippen LogP contribution in [0, 0.1) is 11.8 Å². The standard InChI is InChI=1S/C13H19N3/c14-12-11(6-9-3-4-9)10(5-8-1-2-8)7-16-13(12)15/h7-9H,1-6,14H2,(H2,15,16). The minimum Gasteiger partial charge on any atom is -0.396 e. The van der Waals surface area contributed by atoms with Gasteiger partial charge < -0.3 is 11.5 Å². The van der Waals surface area contributed by atoms with E-state index in [1.165, 1.54) is 36.8 Å². The molecule has 0 amide bonds. The van der Waals surface area contributed by atoms with Gasteiger partial charge >= 0.3 is 0 Å². The molecule has 4 N–H and O–H groups in total. The largest absolute Gasteiger partial charge is 0.396 e. The van der Waals surface area contributed by atoms with Crippen LogP contribution < -0.4 is 11.5 Å². The SMILES string of the molecule is Nc1ncc(CC2CC2)c(CC2CC2)c1N. The number of aromatic nitrogens is 1. The van der Waals surface area contributed by atoms with E-state index in [4.69, 9.17) is 11.5 Å². The number of nitrogen functional groups attached to an aromatic ring is 2. The van der Waals surface area contributed by atoms with E-state index in [9.17, 15) is 0 Å². The minimum absolute atomic E-state index is 0.509. The van der Waals surface area contributed by atoms with Gasteiger partial charge in [-0.25, -0.2) is 4.98 Å². The molecule has 0 saturated heterocycles. The molecule has 16 heavy (non-hydrogen) atoms. The van der Waals surface area contributed by atoms with Crippen LogP contribution in [0.5, 0.6) is 0 Å². The zero-order valence-electron chi connectivity index (χ0n) is 9.58. The van der Waals surface area contributed by atoms with Crippen LogP contribution in [0.1, 0.15) is 36.8 Å². The zero-order chi connectivity index (χ0) is 11.1. The van der Waals surface area contributed by atoms with Gasteiger partial charge in [-0.2, -0.15) is 0 Å². The number of pyridine rings is 1. The second-order valence-corrected chi connectivity index (χ2v) is 5.36. The highest BCUT2D eigenvalue weighted by Crippen LogP contribution is 2.39. The highest BCUT2D eigenvalue weighted by Gasteiger charge is 2.27. The predicted octanol–water partition coefficient (Wildman–Crippen LogP) is 2.15. The lowest BCUT2D eigenvalue weighted by Crippen LogP contribution is -2.07. The van der Waals surface area contributed by atoms with Crippen LogP contribution in [0.3, 0.4) is 0 Å². The van der Waals surface area contributed by atoms with Gasteiger partial charge in [0.1, 0.15) is 5.82 Å². The summed E-state index contributed by atoms with van der Waals surface area (Å²) in [6.07, 6.45) is 9.65. The molecule has 0 unspecified atom stereocenters. The quantitative estimate of drug-likeness (QED) is 0.812. The van der Waals surface area contributed by atoms with Crippen LogP contribution in [0.15, 0.2) is 6.20 Å². The molecule has 1 heterocycles. The van der Waals surface area contributed by atoms with E-state index < -0.39 is 0 Å². The van der Waals surface area contributed by atoms with E-state index in [1.807, 2.05) is 6.20 Å². The Morgan fingerprint density at radius 2 is 1.69 bits per heavy atom. The van der Waals surface area contributed by atoms with Crippen LogP contribution in [-0.2, 0) is 12.8 Å². The van der Waals surface area contributed by atoms with E-state index in [0.29, 0.717) is 5.82 Å². The molecular weight excluding hydrogens is 198 g/mol. The Balaban J connectivity index is 1.89. The average molecular weight is 217 g/mol. The molecule has 0 atom stereocenters. The number of rotatable bonds is 4. The van der Waals surface area contributed by atoms with Gasteiger partial charge in [-0.05, 0) is 61.5 Å². The van der Waals surface area contributed by atoms with E-state index in [1.54, 1.807) is 0 Å². The fourth-order valence-electron chi connectivity index (χ4n) is 2.28. The van der Waals surface area contributed by atoms with Crippen molar-refractivity contribution >= 4 is 11.5 Å². The Kier molecular flexibility index (Phi) is 2.27. The summed E-state index contributed by atoms with van der Waals surface area (Å²) in [6, 6.07) is 0. The number of nitrogens with zero attached hydrogens (tertiary/aromatic N) is 1. The fourth-order valence-corrected chi connectivity index (χ4v) is 2.28. The van der Waals surface area contributed by atoms with E-state index in [0.717, 1.165) is 30.4 Å². The Labute approximate surface area is 96.2 Å². The Morgan fingerprint density at radius 3 is 2.31 bits per heavy atom. The van der Waals surface area contributed by atoms with Crippen molar-refractivity contribution in [3.63, 3.8) is 0 Å². The summed E-state index contributed by atoms with van der Waals surface area (Å²) in [5, 5.41) is 0. The summed E-state index contributed by atoms with van der Waals surface area (Å²) in [5.74, 6) is 2.24. The average Bonchev–Trinajstić information content (AvgIpc) is 3.11. The summed E-state index contributed by atoms with van der Waals surface area (Å²) in [6.45, 7) is 0. The van der Waals surface area contributed by atoms with Crippen LogP contribution in [0.4, 0.5) is 11.5 Å². The first kappa shape index (κ1) is 9.94. The lowest BCUT2D eigenvalue weighted by Gasteiger charge is -2.13. The second-order valence-electron chi connectivity index (χ2n) is 5.36. The van der Waals surface area contributed by atoms with Crippen LogP contribution in [0.2, 0.25) is 0 Å². The number of nitrogens with two attached hydrogens (primary N) is 2. The molecular formula is C13H19N3. The molecule has 0 bridgehead atoms. The fraction of sp³-hybridized carbons (Fsp3) is 0.615. The molecule has 1 aromatic heterocycles. The van der Waals surface area contributed by atoms with E-state index in [-0.39, 0.29) is 0 Å². The normalized spacial score (nSPS) is 20.0. The molecule has 86 valence electrons. The summed E-state index contributed by atoms with van der Waals surface area (Å²) >= 11 is 0. The highest BCUT2D eigenvalue weighted by atomic mass is 14.9. The monoisotopic (exact) mass is 217 g/mol. The van der Waals surface area contributed by atoms with Gasteiger partial charge in [0.2, 0.25) is 0 Å². The van der Waals surface area contributed by atoms with Crippen molar-refractivity contribution in [3.05, 3.63) is 17.3 Å². The Bertz CT molecular complexity index is 406. The first-order valence-electron chi connectivity index (χ1n) is 6.25. The maximum atomic E-state index is 6.07. The molecule has 0 aliphatic heterocycles. The number of hydrogen-bond acceptors (Lipinski definition) is 3. The highest BCUT2D eigenvalue weighted by molar-refractivity contribution is 5.65. The maximum Gasteiger partial charge on any atom is 0.146 e. The Hall–Kier alpha value is -1.25. The van der Waals surface area contributed by atoms with Gasteiger partial charge in [-0.15, -0.1) is 0 Å². The van der Waals surface area contributed by atoms with Crippen molar-refractivity contribution in [2.75, 3.05) is 11.5 Å². The first-order valence-corrected chi connectivity index (χ1v) is 6.25. The van der Waals surface area contributed by atoms with Crippen molar-refractivity contribution in [3.8, 4) is 0 Å². The third-order valence-corrected chi connectivity index (χ3v) is 3.74. The van der Waals surface area contributed by atoms with Gasteiger partial charge in [0, 0.05) is 6.20 Å². The molecule has 2 fully saturated rings. The molecule has 0 spiro atoms. The van der Waals surface area contributed by atoms with Crippen LogP contribution >= 0.6 is 0 Å². The molecule has 1 aromatic rings. The molecule has 2 aliphatic rings. The lowest BCUT2D eigenvalue weighted by atomic mass is 9.98. The van der Waals surface area contributed by atoms with Gasteiger partial charge in [0.05, 0.1) is 5.69 Å². The molecule has 3 rings (SSSR count). The summed E-state index contributed by atoms with van der Waals surface area (Å²) < 4.78 is 0. The van der Waals surface area contributed by atoms with E-state index >= 15 is 0 Å². The van der Waals surface area contributed by atoms with Crippen LogP contribution in [0.25, 0.3) is 0 Å². The van der Waals surface area contributed by atoms with Crippen molar-refractivity contribution in [1.82, 2.24) is 4.98 Å². The molecule has 2 saturated carbocycles. The molecule has 0 radical (unpaired) electrons. The van der Waals surface area contributed by atoms with E-state index in [2.05, 4.69) is 4.98 Å². The van der Waals surface area contributed by atoms with Gasteiger partial charge in [0.25, 0.3) is 0 Å². The topological polar surface area (TPSA) is 64.9 Å². The lowest BCUT2D eigenvalue weighted by molar-refractivity contribution is 0.778. The van der Waals surface area contributed by atoms with Crippen LogP contribution in [-0.4, -0.2) is 4.98 Å². The van der Waals surface area contributed by atoms with Crippen molar-refractivity contribution in [1.29, 1.82) is 0 Å². The summed E-state index contributed by atoms with van der Waals surface area (Å²) in [4.78, 5) is 4.20.